The molecule has 5 heteroatoms. The van der Waals surface area contributed by atoms with E-state index in [1.807, 2.05) is 30.3 Å². The van der Waals surface area contributed by atoms with Crippen LogP contribution in [0.5, 0.6) is 5.75 Å². The molecule has 0 fully saturated rings. The van der Waals surface area contributed by atoms with Gasteiger partial charge in [0, 0.05) is 12.7 Å². The molecule has 0 saturated heterocycles. The Morgan fingerprint density at radius 3 is 3.16 bits per heavy atom. The first kappa shape index (κ1) is 10.8. The molecule has 2 aromatic heterocycles. The number of anilines is 1. The summed E-state index contributed by atoms with van der Waals surface area (Å²) in [5.74, 6) is 0.896. The number of aromatic nitrogens is 2. The average Bonchev–Trinajstić information content (AvgIpc) is 2.90. The van der Waals surface area contributed by atoms with Crippen LogP contribution in [0.15, 0.2) is 36.5 Å². The Bertz CT molecular complexity index is 720. The van der Waals surface area contributed by atoms with Gasteiger partial charge < -0.3 is 10.1 Å². The lowest BCUT2D eigenvalue weighted by atomic mass is 10.1. The van der Waals surface area contributed by atoms with Crippen LogP contribution in [0.1, 0.15) is 0 Å². The second-order valence-corrected chi connectivity index (χ2v) is 5.28. The van der Waals surface area contributed by atoms with Crippen molar-refractivity contribution in [2.75, 3.05) is 18.5 Å². The lowest BCUT2D eigenvalue weighted by Crippen LogP contribution is -2.18. The predicted molar refractivity (Wildman–Crippen MR) is 76.8 cm³/mol. The normalized spacial score (nSPS) is 13.7. The highest BCUT2D eigenvalue weighted by Gasteiger charge is 2.17. The van der Waals surface area contributed by atoms with Crippen molar-refractivity contribution in [3.63, 3.8) is 0 Å². The molecule has 0 bridgehead atoms. The van der Waals surface area contributed by atoms with Crippen molar-refractivity contribution in [1.82, 2.24) is 9.97 Å². The van der Waals surface area contributed by atoms with E-state index >= 15 is 0 Å². The molecule has 0 spiro atoms. The third kappa shape index (κ3) is 1.74. The number of nitrogens with one attached hydrogen (secondary N) is 1. The molecular formula is C14H11N3OS. The SMILES string of the molecule is c1cc2c(c(-c3nc4cccnc4s3)c1)OCCN2. The Labute approximate surface area is 114 Å². The van der Waals surface area contributed by atoms with Crippen LogP contribution in [0.4, 0.5) is 5.69 Å². The minimum atomic E-state index is 0.688. The molecule has 94 valence electrons. The highest BCUT2D eigenvalue weighted by molar-refractivity contribution is 7.21. The fourth-order valence-corrected chi connectivity index (χ4v) is 3.15. The quantitative estimate of drug-likeness (QED) is 0.737. The van der Waals surface area contributed by atoms with Gasteiger partial charge in [-0.3, -0.25) is 0 Å². The van der Waals surface area contributed by atoms with Crippen molar-refractivity contribution in [2.24, 2.45) is 0 Å². The highest BCUT2D eigenvalue weighted by Crippen LogP contribution is 2.40. The van der Waals surface area contributed by atoms with E-state index in [4.69, 9.17) is 4.74 Å². The lowest BCUT2D eigenvalue weighted by Gasteiger charge is -2.20. The van der Waals surface area contributed by atoms with Crippen LogP contribution < -0.4 is 10.1 Å². The molecule has 0 radical (unpaired) electrons. The smallest absolute Gasteiger partial charge is 0.152 e. The van der Waals surface area contributed by atoms with Gasteiger partial charge in [-0.2, -0.15) is 0 Å². The Morgan fingerprint density at radius 1 is 1.21 bits per heavy atom. The van der Waals surface area contributed by atoms with Crippen molar-refractivity contribution in [2.45, 2.75) is 0 Å². The van der Waals surface area contributed by atoms with Crippen molar-refractivity contribution in [1.29, 1.82) is 0 Å². The molecule has 0 unspecified atom stereocenters. The van der Waals surface area contributed by atoms with Crippen LogP contribution in [0.2, 0.25) is 0 Å². The average molecular weight is 269 g/mol. The number of benzene rings is 1. The van der Waals surface area contributed by atoms with Gasteiger partial charge in [-0.15, -0.1) is 0 Å². The molecule has 19 heavy (non-hydrogen) atoms. The molecule has 0 saturated carbocycles. The summed E-state index contributed by atoms with van der Waals surface area (Å²) in [6.07, 6.45) is 1.79. The minimum Gasteiger partial charge on any atom is -0.489 e. The zero-order valence-corrected chi connectivity index (χ0v) is 10.9. The zero-order chi connectivity index (χ0) is 12.7. The van der Waals surface area contributed by atoms with E-state index in [9.17, 15) is 0 Å². The zero-order valence-electron chi connectivity index (χ0n) is 10.1. The summed E-state index contributed by atoms with van der Waals surface area (Å²) in [5, 5.41) is 4.30. The number of ether oxygens (including phenoxy) is 1. The molecule has 3 aromatic rings. The van der Waals surface area contributed by atoms with Crippen molar-refractivity contribution in [3.05, 3.63) is 36.5 Å². The highest BCUT2D eigenvalue weighted by atomic mass is 32.1. The molecule has 0 aliphatic carbocycles. The number of nitrogens with zero attached hydrogens (tertiary/aromatic N) is 2. The summed E-state index contributed by atoms with van der Waals surface area (Å²) in [6, 6.07) is 9.99. The molecule has 1 aliphatic heterocycles. The van der Waals surface area contributed by atoms with E-state index in [0.29, 0.717) is 6.61 Å². The number of hydrogen-bond donors (Lipinski definition) is 1. The number of thiazole rings is 1. The largest absolute Gasteiger partial charge is 0.489 e. The summed E-state index contributed by atoms with van der Waals surface area (Å²) in [4.78, 5) is 9.94. The Kier molecular flexibility index (Phi) is 2.38. The molecule has 4 rings (SSSR count). The molecule has 1 N–H and O–H groups in total. The third-order valence-corrected chi connectivity index (χ3v) is 4.09. The number of rotatable bonds is 1. The van der Waals surface area contributed by atoms with Gasteiger partial charge in [0.15, 0.2) is 5.75 Å². The maximum Gasteiger partial charge on any atom is 0.152 e. The van der Waals surface area contributed by atoms with Crippen LogP contribution in [-0.4, -0.2) is 23.1 Å². The van der Waals surface area contributed by atoms with E-state index in [1.165, 1.54) is 0 Å². The van der Waals surface area contributed by atoms with Gasteiger partial charge in [0.25, 0.3) is 0 Å². The van der Waals surface area contributed by atoms with Crippen LogP contribution >= 0.6 is 11.3 Å². The Hall–Kier alpha value is -2.14. The molecular weight excluding hydrogens is 258 g/mol. The summed E-state index contributed by atoms with van der Waals surface area (Å²) < 4.78 is 5.79. The van der Waals surface area contributed by atoms with E-state index in [1.54, 1.807) is 17.5 Å². The first-order valence-electron chi connectivity index (χ1n) is 6.13. The number of para-hydroxylation sites is 1. The van der Waals surface area contributed by atoms with Crippen molar-refractivity contribution >= 4 is 27.4 Å². The fraction of sp³-hybridized carbons (Fsp3) is 0.143. The maximum atomic E-state index is 5.79. The van der Waals surface area contributed by atoms with Gasteiger partial charge in [-0.25, -0.2) is 9.97 Å². The van der Waals surface area contributed by atoms with Crippen molar-refractivity contribution in [3.8, 4) is 16.3 Å². The van der Waals surface area contributed by atoms with Crippen LogP contribution in [0.25, 0.3) is 20.9 Å². The molecule has 0 amide bonds. The first-order valence-corrected chi connectivity index (χ1v) is 6.95. The first-order chi connectivity index (χ1) is 9.42. The number of pyridine rings is 1. The topological polar surface area (TPSA) is 47.0 Å². The van der Waals surface area contributed by atoms with Crippen LogP contribution in [-0.2, 0) is 0 Å². The molecule has 1 aromatic carbocycles. The van der Waals surface area contributed by atoms with E-state index in [2.05, 4.69) is 15.3 Å². The summed E-state index contributed by atoms with van der Waals surface area (Å²) >= 11 is 1.59. The minimum absolute atomic E-state index is 0.688. The summed E-state index contributed by atoms with van der Waals surface area (Å²) in [5.41, 5.74) is 3.01. The maximum absolute atomic E-state index is 5.79. The van der Waals surface area contributed by atoms with Gasteiger partial charge in [0.1, 0.15) is 22.0 Å². The van der Waals surface area contributed by atoms with Gasteiger partial charge in [-0.1, -0.05) is 17.4 Å². The number of fused-ring (bicyclic) bond motifs is 2. The Morgan fingerprint density at radius 2 is 2.21 bits per heavy atom. The van der Waals surface area contributed by atoms with E-state index < -0.39 is 0 Å². The Balaban J connectivity index is 1.92. The van der Waals surface area contributed by atoms with E-state index in [-0.39, 0.29) is 0 Å². The standard InChI is InChI=1S/C14H11N3OS/c1-3-9(12-10(4-1)15-7-8-18-12)13-17-11-5-2-6-16-14(11)19-13/h1-6,15H,7-8H2. The summed E-state index contributed by atoms with van der Waals surface area (Å²) in [7, 11) is 0. The predicted octanol–water partition coefficient (Wildman–Crippen LogP) is 3.16. The molecule has 4 nitrogen and oxygen atoms in total. The third-order valence-electron chi connectivity index (χ3n) is 3.08. The molecule has 1 aliphatic rings. The molecule has 0 atom stereocenters. The summed E-state index contributed by atoms with van der Waals surface area (Å²) in [6.45, 7) is 1.53. The second kappa shape index (κ2) is 4.20. The van der Waals surface area contributed by atoms with Gasteiger partial charge >= 0.3 is 0 Å². The van der Waals surface area contributed by atoms with Gasteiger partial charge in [0.05, 0.1) is 11.3 Å². The molecule has 3 heterocycles. The van der Waals surface area contributed by atoms with Crippen LogP contribution in [0.3, 0.4) is 0 Å². The van der Waals surface area contributed by atoms with Gasteiger partial charge in [0.2, 0.25) is 0 Å². The van der Waals surface area contributed by atoms with Crippen molar-refractivity contribution < 1.29 is 4.74 Å². The monoisotopic (exact) mass is 269 g/mol. The van der Waals surface area contributed by atoms with E-state index in [0.717, 1.165) is 38.9 Å². The second-order valence-electron chi connectivity index (χ2n) is 4.30. The van der Waals surface area contributed by atoms with Crippen LogP contribution in [0, 0.1) is 0 Å². The lowest BCUT2D eigenvalue weighted by molar-refractivity contribution is 0.324. The van der Waals surface area contributed by atoms with Gasteiger partial charge in [-0.05, 0) is 24.3 Å². The fourth-order valence-electron chi connectivity index (χ4n) is 2.22. The number of hydrogen-bond acceptors (Lipinski definition) is 5.